The van der Waals surface area contributed by atoms with Crippen LogP contribution >= 0.6 is 0 Å². The summed E-state index contributed by atoms with van der Waals surface area (Å²) in [5.41, 5.74) is 3.53. The van der Waals surface area contributed by atoms with E-state index in [0.717, 1.165) is 31.7 Å². The summed E-state index contributed by atoms with van der Waals surface area (Å²) in [6.07, 6.45) is 3.71. The van der Waals surface area contributed by atoms with E-state index >= 15 is 0 Å². The van der Waals surface area contributed by atoms with Gasteiger partial charge in [-0.05, 0) is 38.2 Å². The van der Waals surface area contributed by atoms with Gasteiger partial charge in [-0.2, -0.15) is 0 Å². The number of aryl methyl sites for hydroxylation is 1. The highest BCUT2D eigenvalue weighted by molar-refractivity contribution is 5.74. The molecule has 1 fully saturated rings. The zero-order chi connectivity index (χ0) is 19.9. The third kappa shape index (κ3) is 6.04. The molecule has 0 aliphatic carbocycles. The van der Waals surface area contributed by atoms with Gasteiger partial charge < -0.3 is 15.5 Å². The van der Waals surface area contributed by atoms with Crippen LogP contribution in [-0.2, 0) is 13.1 Å². The van der Waals surface area contributed by atoms with Gasteiger partial charge in [-0.3, -0.25) is 9.88 Å². The predicted octanol–water partition coefficient (Wildman–Crippen LogP) is 2.25. The Morgan fingerprint density at radius 1 is 1.18 bits per heavy atom. The fraction of sp³-hybridized carbons (Fsp3) is 0.455. The van der Waals surface area contributed by atoms with E-state index in [0.29, 0.717) is 12.5 Å². The first kappa shape index (κ1) is 20.3. The summed E-state index contributed by atoms with van der Waals surface area (Å²) in [5, 5.41) is 6.19. The number of hydrogen-bond donors (Lipinski definition) is 2. The Kier molecular flexibility index (Phi) is 7.01. The molecular weight excluding hydrogens is 350 g/mol. The maximum absolute atomic E-state index is 12.5. The van der Waals surface area contributed by atoms with E-state index < -0.39 is 0 Å². The minimum atomic E-state index is -0.0995. The van der Waals surface area contributed by atoms with Crippen LogP contribution in [0.4, 0.5) is 4.79 Å². The lowest BCUT2D eigenvalue weighted by molar-refractivity contribution is 0.230. The Labute approximate surface area is 167 Å². The first-order valence-corrected chi connectivity index (χ1v) is 9.85. The molecule has 1 saturated heterocycles. The summed E-state index contributed by atoms with van der Waals surface area (Å²) in [4.78, 5) is 21.3. The predicted molar refractivity (Wildman–Crippen MR) is 112 cm³/mol. The van der Waals surface area contributed by atoms with Crippen molar-refractivity contribution in [3.63, 3.8) is 0 Å². The fourth-order valence-corrected chi connectivity index (χ4v) is 3.76. The number of amides is 2. The molecule has 2 amide bonds. The van der Waals surface area contributed by atoms with Crippen molar-refractivity contribution in [3.8, 4) is 0 Å². The summed E-state index contributed by atoms with van der Waals surface area (Å²) < 4.78 is 0. The number of nitrogens with one attached hydrogen (secondary N) is 2. The molecule has 0 bridgehead atoms. The number of aromatic nitrogens is 1. The third-order valence-corrected chi connectivity index (χ3v) is 5.14. The first-order chi connectivity index (χ1) is 13.5. The van der Waals surface area contributed by atoms with Crippen molar-refractivity contribution < 1.29 is 4.79 Å². The van der Waals surface area contributed by atoms with E-state index in [1.807, 2.05) is 12.3 Å². The van der Waals surface area contributed by atoms with Crippen LogP contribution in [0.3, 0.4) is 0 Å². The van der Waals surface area contributed by atoms with Crippen LogP contribution in [0.15, 0.2) is 48.8 Å². The van der Waals surface area contributed by atoms with Crippen molar-refractivity contribution in [2.24, 2.45) is 5.92 Å². The van der Waals surface area contributed by atoms with Gasteiger partial charge in [0.05, 0.1) is 0 Å². The summed E-state index contributed by atoms with van der Waals surface area (Å²) in [6.45, 7) is 6.23. The number of benzene rings is 1. The molecule has 1 aromatic carbocycles. The van der Waals surface area contributed by atoms with E-state index in [4.69, 9.17) is 0 Å². The number of likely N-dealkylation sites (tertiary alicyclic amines) is 1. The maximum atomic E-state index is 12.5. The van der Waals surface area contributed by atoms with E-state index in [9.17, 15) is 4.79 Å². The topological polar surface area (TPSA) is 60.5 Å². The highest BCUT2D eigenvalue weighted by atomic mass is 16.2. The summed E-state index contributed by atoms with van der Waals surface area (Å²) >= 11 is 0. The molecule has 0 radical (unpaired) electrons. The Bertz CT molecular complexity index is 747. The van der Waals surface area contributed by atoms with Gasteiger partial charge in [0.25, 0.3) is 0 Å². The van der Waals surface area contributed by atoms with Crippen molar-refractivity contribution in [2.45, 2.75) is 26.1 Å². The normalized spacial score (nSPS) is 19.7. The number of nitrogens with zero attached hydrogens (tertiary/aromatic N) is 3. The minimum absolute atomic E-state index is 0.0995. The second-order valence-corrected chi connectivity index (χ2v) is 8.00. The van der Waals surface area contributed by atoms with Crippen LogP contribution in [0.2, 0.25) is 0 Å². The van der Waals surface area contributed by atoms with Crippen molar-refractivity contribution in [2.75, 3.05) is 33.7 Å². The molecule has 1 aromatic heterocycles. The van der Waals surface area contributed by atoms with Crippen LogP contribution in [0.1, 0.15) is 16.7 Å². The molecule has 6 nitrogen and oxygen atoms in total. The fourth-order valence-electron chi connectivity index (χ4n) is 3.76. The molecule has 0 saturated carbocycles. The summed E-state index contributed by atoms with van der Waals surface area (Å²) in [5.74, 6) is 0.400. The van der Waals surface area contributed by atoms with Crippen LogP contribution in [0.25, 0.3) is 0 Å². The van der Waals surface area contributed by atoms with Gasteiger partial charge in [-0.1, -0.05) is 35.9 Å². The van der Waals surface area contributed by atoms with Crippen molar-refractivity contribution in [3.05, 3.63) is 65.5 Å². The van der Waals surface area contributed by atoms with Crippen molar-refractivity contribution in [1.82, 2.24) is 25.4 Å². The Morgan fingerprint density at radius 2 is 1.96 bits per heavy atom. The lowest BCUT2D eigenvalue weighted by Gasteiger charge is -2.23. The van der Waals surface area contributed by atoms with Crippen LogP contribution in [0.5, 0.6) is 0 Å². The smallest absolute Gasteiger partial charge is 0.315 e. The zero-order valence-corrected chi connectivity index (χ0v) is 17.1. The first-order valence-electron chi connectivity index (χ1n) is 9.85. The number of carbonyl (C=O) groups excluding carboxylic acids is 1. The Balaban J connectivity index is 1.54. The van der Waals surface area contributed by atoms with E-state index in [-0.39, 0.29) is 12.1 Å². The Morgan fingerprint density at radius 3 is 2.64 bits per heavy atom. The second-order valence-electron chi connectivity index (χ2n) is 8.00. The standard InChI is InChI=1S/C22H31N5O/c1-17-6-8-18(9-7-17)12-24-22(28)25-21-16-27(15-20(21)14-26(2)3)13-19-5-4-10-23-11-19/h4-11,20-21H,12-16H2,1-3H3,(H2,24,25,28)/t20-,21-/m1/s1. The zero-order valence-electron chi connectivity index (χ0n) is 17.1. The number of carbonyl (C=O) groups is 1. The lowest BCUT2D eigenvalue weighted by atomic mass is 10.0. The molecule has 0 unspecified atom stereocenters. The third-order valence-electron chi connectivity index (χ3n) is 5.14. The van der Waals surface area contributed by atoms with Gasteiger partial charge in [0.1, 0.15) is 0 Å². The van der Waals surface area contributed by atoms with Gasteiger partial charge in [-0.15, -0.1) is 0 Å². The summed E-state index contributed by atoms with van der Waals surface area (Å²) in [7, 11) is 4.16. The number of rotatable bonds is 7. The van der Waals surface area contributed by atoms with Gasteiger partial charge >= 0.3 is 6.03 Å². The molecule has 6 heteroatoms. The minimum Gasteiger partial charge on any atom is -0.334 e. The largest absolute Gasteiger partial charge is 0.334 e. The Hall–Kier alpha value is -2.44. The second kappa shape index (κ2) is 9.66. The quantitative estimate of drug-likeness (QED) is 0.772. The van der Waals surface area contributed by atoms with Gasteiger partial charge in [0, 0.05) is 57.1 Å². The van der Waals surface area contributed by atoms with E-state index in [1.54, 1.807) is 6.20 Å². The average molecular weight is 382 g/mol. The SMILES string of the molecule is Cc1ccc(CNC(=O)N[C@@H]2CN(Cc3cccnc3)C[C@H]2CN(C)C)cc1. The number of hydrogen-bond acceptors (Lipinski definition) is 4. The maximum Gasteiger partial charge on any atom is 0.315 e. The molecule has 2 aromatic rings. The molecule has 2 N–H and O–H groups in total. The molecule has 150 valence electrons. The molecule has 1 aliphatic heterocycles. The lowest BCUT2D eigenvalue weighted by Crippen LogP contribution is -2.47. The van der Waals surface area contributed by atoms with Gasteiger partial charge in [0.15, 0.2) is 0 Å². The van der Waals surface area contributed by atoms with E-state index in [2.05, 4.69) is 76.8 Å². The number of urea groups is 1. The van der Waals surface area contributed by atoms with Crippen LogP contribution < -0.4 is 10.6 Å². The van der Waals surface area contributed by atoms with Crippen LogP contribution in [0, 0.1) is 12.8 Å². The summed E-state index contributed by atoms with van der Waals surface area (Å²) in [6, 6.07) is 12.3. The highest BCUT2D eigenvalue weighted by Crippen LogP contribution is 2.20. The molecule has 1 aliphatic rings. The highest BCUT2D eigenvalue weighted by Gasteiger charge is 2.34. The van der Waals surface area contributed by atoms with Crippen LogP contribution in [-0.4, -0.2) is 60.6 Å². The average Bonchev–Trinajstić information content (AvgIpc) is 3.02. The number of pyridine rings is 1. The molecule has 2 atom stereocenters. The van der Waals surface area contributed by atoms with Gasteiger partial charge in [0.2, 0.25) is 0 Å². The van der Waals surface area contributed by atoms with Gasteiger partial charge in [-0.25, -0.2) is 4.79 Å². The molecule has 28 heavy (non-hydrogen) atoms. The molecular formula is C22H31N5O. The molecule has 2 heterocycles. The van der Waals surface area contributed by atoms with Crippen molar-refractivity contribution >= 4 is 6.03 Å². The molecule has 0 spiro atoms. The van der Waals surface area contributed by atoms with Crippen molar-refractivity contribution in [1.29, 1.82) is 0 Å². The monoisotopic (exact) mass is 381 g/mol. The molecule has 3 rings (SSSR count). The van der Waals surface area contributed by atoms with E-state index in [1.165, 1.54) is 11.1 Å².